The second-order valence-corrected chi connectivity index (χ2v) is 4.59. The van der Waals surface area contributed by atoms with Crippen molar-refractivity contribution in [2.75, 3.05) is 0 Å². The van der Waals surface area contributed by atoms with Gasteiger partial charge in [-0.3, -0.25) is 9.59 Å². The highest BCUT2D eigenvalue weighted by molar-refractivity contribution is 6.05. The zero-order valence-electron chi connectivity index (χ0n) is 8.29. The predicted molar refractivity (Wildman–Crippen MR) is 50.9 cm³/mol. The van der Waals surface area contributed by atoms with Gasteiger partial charge in [0.1, 0.15) is 5.41 Å². The Morgan fingerprint density at radius 2 is 1.64 bits per heavy atom. The number of ketones is 1. The van der Waals surface area contributed by atoms with Crippen molar-refractivity contribution < 1.29 is 14.7 Å². The van der Waals surface area contributed by atoms with Crippen molar-refractivity contribution in [3.8, 4) is 0 Å². The van der Waals surface area contributed by atoms with Crippen LogP contribution in [-0.2, 0) is 9.59 Å². The van der Waals surface area contributed by atoms with Gasteiger partial charge >= 0.3 is 5.97 Å². The van der Waals surface area contributed by atoms with Crippen molar-refractivity contribution in [1.82, 2.24) is 0 Å². The van der Waals surface area contributed by atoms with E-state index in [2.05, 4.69) is 0 Å². The number of aliphatic carboxylic acids is 1. The molecule has 0 heterocycles. The molecule has 3 heteroatoms. The molecular formula is C11H16O3. The first-order valence-electron chi connectivity index (χ1n) is 5.44. The van der Waals surface area contributed by atoms with Crippen LogP contribution in [0.1, 0.15) is 44.9 Å². The molecule has 0 atom stereocenters. The second kappa shape index (κ2) is 3.37. The van der Waals surface area contributed by atoms with E-state index in [1.165, 1.54) is 0 Å². The SMILES string of the molecule is O=C(O)C1(C(=O)C2CCCC2)CCC1. The maximum atomic E-state index is 12.0. The average molecular weight is 196 g/mol. The quantitative estimate of drug-likeness (QED) is 0.702. The maximum Gasteiger partial charge on any atom is 0.317 e. The lowest BCUT2D eigenvalue weighted by Gasteiger charge is -2.37. The Bertz CT molecular complexity index is 260. The van der Waals surface area contributed by atoms with Gasteiger partial charge in [0.05, 0.1) is 0 Å². The predicted octanol–water partition coefficient (Wildman–Crippen LogP) is 2.00. The van der Waals surface area contributed by atoms with E-state index in [9.17, 15) is 9.59 Å². The Balaban J connectivity index is 2.11. The zero-order chi connectivity index (χ0) is 10.2. The first-order chi connectivity index (χ1) is 6.67. The third-order valence-corrected chi connectivity index (χ3v) is 3.81. The summed E-state index contributed by atoms with van der Waals surface area (Å²) in [6.45, 7) is 0. The summed E-state index contributed by atoms with van der Waals surface area (Å²) < 4.78 is 0. The van der Waals surface area contributed by atoms with Crippen molar-refractivity contribution in [3.63, 3.8) is 0 Å². The molecular weight excluding hydrogens is 180 g/mol. The second-order valence-electron chi connectivity index (χ2n) is 4.59. The van der Waals surface area contributed by atoms with Gasteiger partial charge in [0.25, 0.3) is 0 Å². The third-order valence-electron chi connectivity index (χ3n) is 3.81. The van der Waals surface area contributed by atoms with Crippen LogP contribution in [0.2, 0.25) is 0 Å². The summed E-state index contributed by atoms with van der Waals surface area (Å²) >= 11 is 0. The smallest absolute Gasteiger partial charge is 0.317 e. The van der Waals surface area contributed by atoms with Crippen LogP contribution >= 0.6 is 0 Å². The molecule has 0 amide bonds. The minimum Gasteiger partial charge on any atom is -0.480 e. The highest BCUT2D eigenvalue weighted by Gasteiger charge is 2.52. The highest BCUT2D eigenvalue weighted by atomic mass is 16.4. The number of carboxylic acids is 1. The molecule has 78 valence electrons. The standard InChI is InChI=1S/C11H16O3/c12-9(8-4-1-2-5-8)11(10(13)14)6-3-7-11/h8H,1-7H2,(H,13,14). The van der Waals surface area contributed by atoms with Crippen LogP contribution in [0.25, 0.3) is 0 Å². The number of carboxylic acid groups (broad SMARTS) is 1. The Labute approximate surface area is 83.5 Å². The molecule has 2 saturated carbocycles. The minimum absolute atomic E-state index is 0.0220. The molecule has 2 aliphatic rings. The van der Waals surface area contributed by atoms with Crippen LogP contribution in [0.3, 0.4) is 0 Å². The average Bonchev–Trinajstić information content (AvgIpc) is 2.51. The summed E-state index contributed by atoms with van der Waals surface area (Å²) in [6.07, 6.45) is 6.03. The van der Waals surface area contributed by atoms with Gasteiger partial charge in [0, 0.05) is 5.92 Å². The Morgan fingerprint density at radius 1 is 1.07 bits per heavy atom. The first-order valence-corrected chi connectivity index (χ1v) is 5.44. The molecule has 0 spiro atoms. The number of hydrogen-bond acceptors (Lipinski definition) is 2. The molecule has 2 rings (SSSR count). The van der Waals surface area contributed by atoms with E-state index in [0.29, 0.717) is 12.8 Å². The zero-order valence-corrected chi connectivity index (χ0v) is 8.29. The molecule has 3 nitrogen and oxygen atoms in total. The summed E-state index contributed by atoms with van der Waals surface area (Å²) in [5.74, 6) is -0.819. The molecule has 0 aromatic heterocycles. The van der Waals surface area contributed by atoms with E-state index in [-0.39, 0.29) is 11.7 Å². The normalized spacial score (nSPS) is 25.7. The van der Waals surface area contributed by atoms with E-state index in [0.717, 1.165) is 32.1 Å². The molecule has 2 fully saturated rings. The number of rotatable bonds is 3. The molecule has 0 radical (unpaired) electrons. The van der Waals surface area contributed by atoms with Crippen LogP contribution < -0.4 is 0 Å². The number of Topliss-reactive ketones (excluding diaryl/α,β-unsaturated/α-hetero) is 1. The summed E-state index contributed by atoms with van der Waals surface area (Å²) in [6, 6.07) is 0. The van der Waals surface area contributed by atoms with Crippen molar-refractivity contribution in [1.29, 1.82) is 0 Å². The van der Waals surface area contributed by atoms with Gasteiger partial charge in [-0.05, 0) is 25.7 Å². The van der Waals surface area contributed by atoms with Crippen molar-refractivity contribution in [3.05, 3.63) is 0 Å². The maximum absolute atomic E-state index is 12.0. The Kier molecular flexibility index (Phi) is 2.33. The van der Waals surface area contributed by atoms with E-state index in [1.54, 1.807) is 0 Å². The highest BCUT2D eigenvalue weighted by Crippen LogP contribution is 2.46. The van der Waals surface area contributed by atoms with Crippen LogP contribution in [0.15, 0.2) is 0 Å². The van der Waals surface area contributed by atoms with Gasteiger partial charge < -0.3 is 5.11 Å². The third kappa shape index (κ3) is 1.26. The van der Waals surface area contributed by atoms with Crippen LogP contribution in [0, 0.1) is 11.3 Å². The van der Waals surface area contributed by atoms with Crippen LogP contribution in [0.4, 0.5) is 0 Å². The number of hydrogen-bond donors (Lipinski definition) is 1. The molecule has 14 heavy (non-hydrogen) atoms. The molecule has 0 aliphatic heterocycles. The van der Waals surface area contributed by atoms with Crippen molar-refractivity contribution in [2.24, 2.45) is 11.3 Å². The minimum atomic E-state index is -0.977. The molecule has 1 N–H and O–H groups in total. The fraction of sp³-hybridized carbons (Fsp3) is 0.818. The largest absolute Gasteiger partial charge is 0.480 e. The lowest BCUT2D eigenvalue weighted by Crippen LogP contribution is -2.47. The monoisotopic (exact) mass is 196 g/mol. The van der Waals surface area contributed by atoms with E-state index >= 15 is 0 Å². The molecule has 0 saturated heterocycles. The fourth-order valence-corrected chi connectivity index (χ4v) is 2.67. The lowest BCUT2D eigenvalue weighted by atomic mass is 9.63. The van der Waals surface area contributed by atoms with Gasteiger partial charge in [0.2, 0.25) is 0 Å². The van der Waals surface area contributed by atoms with Crippen LogP contribution in [-0.4, -0.2) is 16.9 Å². The van der Waals surface area contributed by atoms with E-state index < -0.39 is 11.4 Å². The molecule has 0 bridgehead atoms. The summed E-state index contributed by atoms with van der Waals surface area (Å²) in [4.78, 5) is 23.1. The van der Waals surface area contributed by atoms with Crippen molar-refractivity contribution >= 4 is 11.8 Å². The van der Waals surface area contributed by atoms with Crippen molar-refractivity contribution in [2.45, 2.75) is 44.9 Å². The van der Waals surface area contributed by atoms with Gasteiger partial charge in [0.15, 0.2) is 5.78 Å². The van der Waals surface area contributed by atoms with Crippen LogP contribution in [0.5, 0.6) is 0 Å². The molecule has 0 aromatic rings. The van der Waals surface area contributed by atoms with E-state index in [4.69, 9.17) is 5.11 Å². The lowest BCUT2D eigenvalue weighted by molar-refractivity contribution is -0.162. The number of carbonyl (C=O) groups excluding carboxylic acids is 1. The number of carbonyl (C=O) groups is 2. The first kappa shape index (κ1) is 9.69. The molecule has 0 unspecified atom stereocenters. The topological polar surface area (TPSA) is 54.4 Å². The summed E-state index contributed by atoms with van der Waals surface area (Å²) in [5, 5.41) is 9.09. The molecule has 2 aliphatic carbocycles. The van der Waals surface area contributed by atoms with Gasteiger partial charge in [-0.25, -0.2) is 0 Å². The summed E-state index contributed by atoms with van der Waals surface area (Å²) in [5.41, 5.74) is -0.977. The molecule has 0 aromatic carbocycles. The van der Waals surface area contributed by atoms with Gasteiger partial charge in [-0.1, -0.05) is 19.3 Å². The van der Waals surface area contributed by atoms with Gasteiger partial charge in [-0.2, -0.15) is 0 Å². The van der Waals surface area contributed by atoms with Gasteiger partial charge in [-0.15, -0.1) is 0 Å². The summed E-state index contributed by atoms with van der Waals surface area (Å²) in [7, 11) is 0. The van der Waals surface area contributed by atoms with E-state index in [1.807, 2.05) is 0 Å². The Morgan fingerprint density at radius 3 is 2.00 bits per heavy atom. The Hall–Kier alpha value is -0.860. The fourth-order valence-electron chi connectivity index (χ4n) is 2.67.